The molecule has 0 aliphatic carbocycles. The Morgan fingerprint density at radius 1 is 0.435 bits per heavy atom. The molecule has 0 spiro atoms. The molecule has 492 valence electrons. The summed E-state index contributed by atoms with van der Waals surface area (Å²) in [4.78, 5) is 25.1. The summed E-state index contributed by atoms with van der Waals surface area (Å²) in [6.07, 6.45) is 75.7. The molecule has 1 aliphatic heterocycles. The maximum absolute atomic E-state index is 13.1. The van der Waals surface area contributed by atoms with E-state index >= 15 is 0 Å². The van der Waals surface area contributed by atoms with Gasteiger partial charge in [0.15, 0.2) is 6.29 Å². The van der Waals surface area contributed by atoms with Gasteiger partial charge in [-0.3, -0.25) is 9.59 Å². The van der Waals surface area contributed by atoms with Gasteiger partial charge in [0.05, 0.1) is 32.0 Å². The average Bonchev–Trinajstić information content (AvgIpc) is 3.60. The van der Waals surface area contributed by atoms with E-state index in [9.17, 15) is 35.1 Å². The van der Waals surface area contributed by atoms with Crippen molar-refractivity contribution in [3.63, 3.8) is 0 Å². The minimum atomic E-state index is -1.58. The van der Waals surface area contributed by atoms with Crippen LogP contribution in [0.5, 0.6) is 0 Å². The summed E-state index contributed by atoms with van der Waals surface area (Å²) in [7, 11) is 0. The van der Waals surface area contributed by atoms with Gasteiger partial charge in [-0.05, 0) is 116 Å². The van der Waals surface area contributed by atoms with Crippen molar-refractivity contribution in [1.29, 1.82) is 0 Å². The highest BCUT2D eigenvalue weighted by Crippen LogP contribution is 2.23. The SMILES string of the molecule is CCC/C=C\C/C=C\CCCCCCCC(=O)OCCCCCCCCCCC/C=C\C/C=C\CCCCCCCCCCCCCCCCCC(=O)NC(COC1OC(CO)C(O)C(O)C1O)C(O)/C=C/CC/C=C/CC/C=C/CCCCC. The summed E-state index contributed by atoms with van der Waals surface area (Å²) in [6.45, 7) is 4.23. The molecule has 7 unspecified atom stereocenters. The zero-order valence-electron chi connectivity index (χ0n) is 54.5. The van der Waals surface area contributed by atoms with Gasteiger partial charge < -0.3 is 45.1 Å². The minimum absolute atomic E-state index is 0.0113. The molecule has 11 nitrogen and oxygen atoms in total. The number of carbonyl (C=O) groups is 2. The van der Waals surface area contributed by atoms with Gasteiger partial charge in [-0.25, -0.2) is 0 Å². The molecule has 1 fully saturated rings. The summed E-state index contributed by atoms with van der Waals surface area (Å²) in [6, 6.07) is -0.836. The highest BCUT2D eigenvalue weighted by molar-refractivity contribution is 5.76. The van der Waals surface area contributed by atoms with Crippen molar-refractivity contribution in [2.45, 2.75) is 352 Å². The third kappa shape index (κ3) is 51.4. The Balaban J connectivity index is 1.99. The van der Waals surface area contributed by atoms with Gasteiger partial charge in [0.1, 0.15) is 24.4 Å². The van der Waals surface area contributed by atoms with Crippen LogP contribution in [0.4, 0.5) is 0 Å². The zero-order valence-corrected chi connectivity index (χ0v) is 54.5. The molecule has 0 radical (unpaired) electrons. The summed E-state index contributed by atoms with van der Waals surface area (Å²) in [5, 5.41) is 54.4. The van der Waals surface area contributed by atoms with Crippen molar-refractivity contribution < 1.29 is 49.3 Å². The molecule has 1 rings (SSSR count). The molecular weight excluding hydrogens is 1060 g/mol. The second-order valence-corrected chi connectivity index (χ2v) is 24.2. The normalized spacial score (nSPS) is 18.5. The Labute approximate surface area is 521 Å². The lowest BCUT2D eigenvalue weighted by Crippen LogP contribution is -2.60. The topological polar surface area (TPSA) is 175 Å². The number of ether oxygens (including phenoxy) is 3. The van der Waals surface area contributed by atoms with Crippen LogP contribution in [-0.4, -0.2) is 100 Å². The summed E-state index contributed by atoms with van der Waals surface area (Å²) in [5.41, 5.74) is 0. The van der Waals surface area contributed by atoms with Crippen LogP contribution >= 0.6 is 0 Å². The lowest BCUT2D eigenvalue weighted by atomic mass is 9.99. The molecule has 85 heavy (non-hydrogen) atoms. The maximum Gasteiger partial charge on any atom is 0.305 e. The predicted octanol–water partition coefficient (Wildman–Crippen LogP) is 18.1. The lowest BCUT2D eigenvalue weighted by Gasteiger charge is -2.40. The van der Waals surface area contributed by atoms with Crippen LogP contribution < -0.4 is 5.32 Å². The minimum Gasteiger partial charge on any atom is -0.466 e. The summed E-state index contributed by atoms with van der Waals surface area (Å²) in [5.74, 6) is -0.208. The highest BCUT2D eigenvalue weighted by atomic mass is 16.7. The Hall–Kier alpha value is -3.16. The van der Waals surface area contributed by atoms with Gasteiger partial charge in [0, 0.05) is 12.8 Å². The van der Waals surface area contributed by atoms with E-state index < -0.39 is 49.5 Å². The van der Waals surface area contributed by atoms with E-state index in [1.165, 1.54) is 199 Å². The van der Waals surface area contributed by atoms with Gasteiger partial charge in [-0.15, -0.1) is 0 Å². The first-order chi connectivity index (χ1) is 41.7. The second-order valence-electron chi connectivity index (χ2n) is 24.2. The fraction of sp³-hybridized carbons (Fsp3) is 0.784. The second kappa shape index (κ2) is 62.4. The third-order valence-electron chi connectivity index (χ3n) is 16.2. The van der Waals surface area contributed by atoms with E-state index in [-0.39, 0.29) is 18.5 Å². The van der Waals surface area contributed by atoms with Gasteiger partial charge in [0.2, 0.25) is 5.91 Å². The van der Waals surface area contributed by atoms with E-state index in [1.54, 1.807) is 6.08 Å². The molecule has 6 N–H and O–H groups in total. The Morgan fingerprint density at radius 3 is 1.28 bits per heavy atom. The number of hydrogen-bond donors (Lipinski definition) is 6. The predicted molar refractivity (Wildman–Crippen MR) is 356 cm³/mol. The third-order valence-corrected chi connectivity index (χ3v) is 16.2. The van der Waals surface area contributed by atoms with Crippen LogP contribution in [0, 0.1) is 0 Å². The molecule has 7 atom stereocenters. The van der Waals surface area contributed by atoms with Crippen molar-refractivity contribution in [3.8, 4) is 0 Å². The van der Waals surface area contributed by atoms with Gasteiger partial charge in [0.25, 0.3) is 0 Å². The Kier molecular flexibility index (Phi) is 58.7. The molecule has 0 aromatic rings. The average molecular weight is 1190 g/mol. The van der Waals surface area contributed by atoms with Gasteiger partial charge >= 0.3 is 5.97 Å². The van der Waals surface area contributed by atoms with Crippen LogP contribution in [0.1, 0.15) is 309 Å². The van der Waals surface area contributed by atoms with E-state index in [0.29, 0.717) is 19.4 Å². The van der Waals surface area contributed by atoms with E-state index in [2.05, 4.69) is 92.1 Å². The van der Waals surface area contributed by atoms with Gasteiger partial charge in [-0.2, -0.15) is 0 Å². The first kappa shape index (κ1) is 79.9. The molecule has 1 amide bonds. The smallest absolute Gasteiger partial charge is 0.305 e. The number of unbranched alkanes of at least 4 members (excludes halogenated alkanes) is 35. The number of amides is 1. The van der Waals surface area contributed by atoms with Gasteiger partial charge in [-0.1, -0.05) is 266 Å². The molecule has 0 aromatic heterocycles. The molecule has 0 aromatic carbocycles. The van der Waals surface area contributed by atoms with Crippen molar-refractivity contribution >= 4 is 11.9 Å². The standard InChI is InChI=1S/C74H131NO10/c1-3-5-7-9-11-13-15-36-40-44-48-52-56-60-67(77)66(65-84-74-73(82)72(81)71(80)68(64-76)85-74)75-69(78)61-57-53-49-45-41-38-34-32-30-28-26-24-22-20-18-17-19-21-23-25-27-29-31-33-35-39-43-47-51-55-59-63-83-70(79)62-58-54-50-46-42-37-16-14-12-10-8-6-4-2/h8,10-11,13-14,16,19,21,25,27,40,44,56,60,66-68,71-74,76-77,80-82H,3-7,9,12,15,17-18,20,22-24,26,28-39,41-43,45-55,57-59,61-65H2,1-2H3,(H,75,78)/b10-8-,13-11+,16-14-,21-19-,27-25-,44-40+,60-56+. The van der Waals surface area contributed by atoms with E-state index in [4.69, 9.17) is 14.2 Å². The largest absolute Gasteiger partial charge is 0.466 e. The van der Waals surface area contributed by atoms with Crippen LogP contribution in [0.15, 0.2) is 85.1 Å². The number of nitrogens with one attached hydrogen (secondary N) is 1. The summed E-state index contributed by atoms with van der Waals surface area (Å²) < 4.78 is 16.7. The number of aliphatic hydroxyl groups is 5. The number of rotatable bonds is 61. The molecule has 11 heteroatoms. The number of aliphatic hydroxyl groups excluding tert-OH is 5. The number of allylic oxidation sites excluding steroid dienone is 13. The van der Waals surface area contributed by atoms with Crippen LogP contribution in [-0.2, 0) is 23.8 Å². The zero-order chi connectivity index (χ0) is 61.6. The Bertz CT molecular complexity index is 1690. The van der Waals surface area contributed by atoms with E-state index in [0.717, 1.165) is 83.5 Å². The van der Waals surface area contributed by atoms with Crippen molar-refractivity contribution in [2.75, 3.05) is 19.8 Å². The van der Waals surface area contributed by atoms with E-state index in [1.807, 2.05) is 6.08 Å². The first-order valence-corrected chi connectivity index (χ1v) is 35.4. The molecule has 1 aliphatic rings. The fourth-order valence-electron chi connectivity index (χ4n) is 10.6. The fourth-order valence-corrected chi connectivity index (χ4v) is 10.6. The molecular formula is C74H131NO10. The van der Waals surface area contributed by atoms with Crippen molar-refractivity contribution in [2.24, 2.45) is 0 Å². The lowest BCUT2D eigenvalue weighted by molar-refractivity contribution is -0.302. The van der Waals surface area contributed by atoms with Crippen molar-refractivity contribution in [1.82, 2.24) is 5.32 Å². The number of hydrogen-bond acceptors (Lipinski definition) is 10. The summed E-state index contributed by atoms with van der Waals surface area (Å²) >= 11 is 0. The quantitative estimate of drug-likeness (QED) is 0.0195. The number of carbonyl (C=O) groups excluding carboxylic acids is 2. The monoisotopic (exact) mass is 1190 g/mol. The van der Waals surface area contributed by atoms with Crippen LogP contribution in [0.25, 0.3) is 0 Å². The maximum atomic E-state index is 13.1. The highest BCUT2D eigenvalue weighted by Gasteiger charge is 2.44. The first-order valence-electron chi connectivity index (χ1n) is 35.4. The molecule has 1 saturated heterocycles. The number of esters is 1. The Morgan fingerprint density at radius 2 is 0.824 bits per heavy atom. The molecule has 0 saturated carbocycles. The van der Waals surface area contributed by atoms with Crippen LogP contribution in [0.3, 0.4) is 0 Å². The van der Waals surface area contributed by atoms with Crippen molar-refractivity contribution in [3.05, 3.63) is 85.1 Å². The van der Waals surface area contributed by atoms with Crippen LogP contribution in [0.2, 0.25) is 0 Å². The molecule has 0 bridgehead atoms. The molecule has 1 heterocycles.